The minimum absolute atomic E-state index is 0.00278. The van der Waals surface area contributed by atoms with E-state index in [9.17, 15) is 4.79 Å². The molecule has 0 unspecified atom stereocenters. The summed E-state index contributed by atoms with van der Waals surface area (Å²) in [6.45, 7) is 2.60. The van der Waals surface area contributed by atoms with Crippen molar-refractivity contribution in [1.82, 2.24) is 9.55 Å². The van der Waals surface area contributed by atoms with Gasteiger partial charge in [-0.2, -0.15) is 0 Å². The minimum atomic E-state index is 0.00278. The van der Waals surface area contributed by atoms with Crippen LogP contribution in [0.4, 0.5) is 0 Å². The smallest absolute Gasteiger partial charge is 0.262 e. The van der Waals surface area contributed by atoms with Crippen molar-refractivity contribution in [3.05, 3.63) is 64.3 Å². The number of nitrogens with zero attached hydrogens (tertiary/aromatic N) is 2. The number of furan rings is 1. The second-order valence-electron chi connectivity index (χ2n) is 5.95. The average Bonchev–Trinajstić information content (AvgIpc) is 3.15. The number of pyridine rings is 2. The Kier molecular flexibility index (Phi) is 2.37. The average molecular weight is 302 g/mol. The summed E-state index contributed by atoms with van der Waals surface area (Å²) in [6, 6.07) is 12.2. The third kappa shape index (κ3) is 1.60. The van der Waals surface area contributed by atoms with Gasteiger partial charge in [-0.05, 0) is 18.2 Å². The van der Waals surface area contributed by atoms with Crippen molar-refractivity contribution in [3.8, 4) is 11.4 Å². The summed E-state index contributed by atoms with van der Waals surface area (Å²) >= 11 is 0. The first-order chi connectivity index (χ1) is 11.3. The molecule has 0 spiro atoms. The first-order valence-corrected chi connectivity index (χ1v) is 7.79. The van der Waals surface area contributed by atoms with Crippen molar-refractivity contribution in [1.29, 1.82) is 0 Å². The molecule has 0 N–H and O–H groups in total. The third-order valence-corrected chi connectivity index (χ3v) is 4.65. The molecule has 5 rings (SSSR count). The van der Waals surface area contributed by atoms with Crippen molar-refractivity contribution >= 4 is 21.7 Å². The van der Waals surface area contributed by atoms with Gasteiger partial charge in [-0.25, -0.2) is 4.98 Å². The van der Waals surface area contributed by atoms with Crippen molar-refractivity contribution in [2.24, 2.45) is 0 Å². The van der Waals surface area contributed by atoms with Gasteiger partial charge >= 0.3 is 0 Å². The summed E-state index contributed by atoms with van der Waals surface area (Å²) in [5.74, 6) is 0.856. The van der Waals surface area contributed by atoms with Crippen LogP contribution in [0.5, 0.6) is 0 Å². The van der Waals surface area contributed by atoms with E-state index in [-0.39, 0.29) is 5.56 Å². The van der Waals surface area contributed by atoms with E-state index in [0.29, 0.717) is 11.9 Å². The topological polar surface area (TPSA) is 48.0 Å². The molecule has 4 nitrogen and oxygen atoms in total. The van der Waals surface area contributed by atoms with Crippen molar-refractivity contribution in [3.63, 3.8) is 0 Å². The number of benzene rings is 1. The molecule has 1 aromatic carbocycles. The summed E-state index contributed by atoms with van der Waals surface area (Å²) in [6.07, 6.45) is 2.35. The van der Waals surface area contributed by atoms with E-state index in [0.717, 1.165) is 45.4 Å². The molecule has 0 amide bonds. The molecule has 0 radical (unpaired) electrons. The Labute approximate surface area is 132 Å². The fourth-order valence-corrected chi connectivity index (χ4v) is 3.50. The highest BCUT2D eigenvalue weighted by Crippen LogP contribution is 2.34. The lowest BCUT2D eigenvalue weighted by Gasteiger charge is -2.04. The van der Waals surface area contributed by atoms with E-state index in [1.807, 2.05) is 31.2 Å². The molecule has 1 aliphatic heterocycles. The number of fused-ring (bicyclic) bond motifs is 5. The van der Waals surface area contributed by atoms with Crippen LogP contribution in [-0.2, 0) is 13.0 Å². The summed E-state index contributed by atoms with van der Waals surface area (Å²) in [7, 11) is 0. The van der Waals surface area contributed by atoms with Crippen LogP contribution in [0.1, 0.15) is 18.2 Å². The molecule has 0 fully saturated rings. The maximum Gasteiger partial charge on any atom is 0.262 e. The van der Waals surface area contributed by atoms with Gasteiger partial charge in [-0.1, -0.05) is 25.1 Å². The van der Waals surface area contributed by atoms with Crippen LogP contribution in [0.15, 0.2) is 51.9 Å². The molecule has 4 heteroatoms. The second-order valence-corrected chi connectivity index (χ2v) is 5.95. The third-order valence-electron chi connectivity index (χ3n) is 4.65. The van der Waals surface area contributed by atoms with E-state index < -0.39 is 0 Å². The van der Waals surface area contributed by atoms with Crippen molar-refractivity contribution in [2.75, 3.05) is 0 Å². The Morgan fingerprint density at radius 1 is 1.22 bits per heavy atom. The first kappa shape index (κ1) is 12.6. The van der Waals surface area contributed by atoms with Crippen LogP contribution in [0.25, 0.3) is 33.1 Å². The zero-order valence-corrected chi connectivity index (χ0v) is 12.7. The van der Waals surface area contributed by atoms with Crippen LogP contribution in [0.3, 0.4) is 0 Å². The standard InChI is InChI=1S/C19H14N2O2/c1-2-17-13-8-16-18-12(7-11-5-3-4-6-15(11)20-18)9-21(16)19(22)14(13)10-23-17/h3-8,10H,2,9H2,1H3. The lowest BCUT2D eigenvalue weighted by Crippen LogP contribution is -2.18. The number of aromatic nitrogens is 2. The number of hydrogen-bond acceptors (Lipinski definition) is 3. The largest absolute Gasteiger partial charge is 0.468 e. The van der Waals surface area contributed by atoms with Crippen molar-refractivity contribution in [2.45, 2.75) is 19.9 Å². The Balaban J connectivity index is 1.87. The molecule has 1 aliphatic rings. The van der Waals surface area contributed by atoms with Crippen LogP contribution in [-0.4, -0.2) is 9.55 Å². The lowest BCUT2D eigenvalue weighted by atomic mass is 10.1. The molecule has 4 aromatic rings. The molecule has 112 valence electrons. The molecule has 3 aromatic heterocycles. The monoisotopic (exact) mass is 302 g/mol. The molecule has 0 aliphatic carbocycles. The van der Waals surface area contributed by atoms with Gasteiger partial charge in [-0.15, -0.1) is 0 Å². The highest BCUT2D eigenvalue weighted by atomic mass is 16.3. The normalized spacial score (nSPS) is 12.7. The maximum absolute atomic E-state index is 12.8. The summed E-state index contributed by atoms with van der Waals surface area (Å²) in [5, 5.41) is 2.67. The van der Waals surface area contributed by atoms with E-state index >= 15 is 0 Å². The molecule has 4 heterocycles. The minimum Gasteiger partial charge on any atom is -0.468 e. The lowest BCUT2D eigenvalue weighted by molar-refractivity contribution is 0.521. The quantitative estimate of drug-likeness (QED) is 0.474. The Bertz CT molecular complexity index is 1150. The van der Waals surface area contributed by atoms with E-state index in [1.54, 1.807) is 10.8 Å². The van der Waals surface area contributed by atoms with Crippen LogP contribution in [0.2, 0.25) is 0 Å². The zero-order valence-electron chi connectivity index (χ0n) is 12.7. The van der Waals surface area contributed by atoms with Gasteiger partial charge in [-0.3, -0.25) is 4.79 Å². The Morgan fingerprint density at radius 3 is 2.96 bits per heavy atom. The number of hydrogen-bond donors (Lipinski definition) is 0. The molecular weight excluding hydrogens is 288 g/mol. The second kappa shape index (κ2) is 4.32. The predicted molar refractivity (Wildman–Crippen MR) is 89.7 cm³/mol. The first-order valence-electron chi connectivity index (χ1n) is 7.79. The predicted octanol–water partition coefficient (Wildman–Crippen LogP) is 3.73. The van der Waals surface area contributed by atoms with Crippen LogP contribution < -0.4 is 5.56 Å². The highest BCUT2D eigenvalue weighted by Gasteiger charge is 2.24. The van der Waals surface area contributed by atoms with Gasteiger partial charge in [0.1, 0.15) is 12.0 Å². The van der Waals surface area contributed by atoms with Gasteiger partial charge < -0.3 is 8.98 Å². The van der Waals surface area contributed by atoms with E-state index in [4.69, 9.17) is 9.40 Å². The fourth-order valence-electron chi connectivity index (χ4n) is 3.50. The summed E-state index contributed by atoms with van der Waals surface area (Å²) in [4.78, 5) is 17.6. The van der Waals surface area contributed by atoms with Gasteiger partial charge in [0.2, 0.25) is 0 Å². The van der Waals surface area contributed by atoms with E-state index in [2.05, 4.69) is 12.1 Å². The van der Waals surface area contributed by atoms with Gasteiger partial charge in [0.15, 0.2) is 0 Å². The molecular formula is C19H14N2O2. The zero-order chi connectivity index (χ0) is 15.6. The molecule has 23 heavy (non-hydrogen) atoms. The molecule has 0 atom stereocenters. The van der Waals surface area contributed by atoms with Gasteiger partial charge in [0, 0.05) is 22.8 Å². The summed E-state index contributed by atoms with van der Waals surface area (Å²) in [5.41, 5.74) is 3.85. The number of para-hydroxylation sites is 1. The van der Waals surface area contributed by atoms with E-state index in [1.165, 1.54) is 0 Å². The van der Waals surface area contributed by atoms with Gasteiger partial charge in [0.25, 0.3) is 5.56 Å². The summed E-state index contributed by atoms with van der Waals surface area (Å²) < 4.78 is 7.35. The SMILES string of the molecule is CCc1occ2c(=O)n3c(cc12)-c1nc2ccccc2cc1C3. The fraction of sp³-hybridized carbons (Fsp3) is 0.158. The van der Waals surface area contributed by atoms with Crippen LogP contribution in [0, 0.1) is 0 Å². The molecule has 0 saturated heterocycles. The number of aryl methyl sites for hydroxylation is 1. The molecule has 0 bridgehead atoms. The molecule has 0 saturated carbocycles. The Hall–Kier alpha value is -2.88. The number of rotatable bonds is 1. The highest BCUT2D eigenvalue weighted by molar-refractivity contribution is 5.90. The van der Waals surface area contributed by atoms with Crippen molar-refractivity contribution < 1.29 is 4.42 Å². The Morgan fingerprint density at radius 2 is 2.09 bits per heavy atom. The maximum atomic E-state index is 12.8. The van der Waals surface area contributed by atoms with Gasteiger partial charge in [0.05, 0.1) is 28.8 Å². The van der Waals surface area contributed by atoms with Crippen LogP contribution >= 0.6 is 0 Å².